The van der Waals surface area contributed by atoms with Crippen LogP contribution in [-0.4, -0.2) is 47.5 Å². The lowest BCUT2D eigenvalue weighted by molar-refractivity contribution is 0.00578. The van der Waals surface area contributed by atoms with Gasteiger partial charge in [-0.1, -0.05) is 30.3 Å². The molecule has 3 aromatic rings. The number of aromatic nitrogens is 3. The van der Waals surface area contributed by atoms with Crippen LogP contribution < -0.4 is 5.59 Å². The molecule has 0 amide bonds. The van der Waals surface area contributed by atoms with E-state index in [0.717, 1.165) is 11.8 Å². The van der Waals surface area contributed by atoms with E-state index in [4.69, 9.17) is 9.31 Å². The predicted molar refractivity (Wildman–Crippen MR) is 112 cm³/mol. The quantitative estimate of drug-likeness (QED) is 0.482. The largest absolute Gasteiger partial charge is 0.512 e. The standard InChI is InChI=1S/C20H24BN3O4S/c1-19(2)20(3,4)28-21(27-19)16-11-15-17(22-13-23-18(15)29(5,25)26)24(16)12-14-9-7-6-8-10-14/h6-11,13H,12H2,1-5H3. The Morgan fingerprint density at radius 3 is 2.24 bits per heavy atom. The molecule has 0 bridgehead atoms. The van der Waals surface area contributed by atoms with Crippen LogP contribution in [0.25, 0.3) is 11.0 Å². The fourth-order valence-electron chi connectivity index (χ4n) is 3.45. The molecule has 2 aromatic heterocycles. The van der Waals surface area contributed by atoms with Crippen molar-refractivity contribution in [3.63, 3.8) is 0 Å². The van der Waals surface area contributed by atoms with Crippen LogP contribution in [0, 0.1) is 0 Å². The maximum atomic E-state index is 12.3. The fraction of sp³-hybridized carbons (Fsp3) is 0.400. The smallest absolute Gasteiger partial charge is 0.398 e. The van der Waals surface area contributed by atoms with Crippen molar-refractivity contribution in [2.75, 3.05) is 6.26 Å². The summed E-state index contributed by atoms with van der Waals surface area (Å²) in [6.45, 7) is 8.44. The lowest BCUT2D eigenvalue weighted by atomic mass is 9.84. The molecule has 1 aliphatic rings. The Morgan fingerprint density at radius 1 is 1.03 bits per heavy atom. The van der Waals surface area contributed by atoms with Gasteiger partial charge < -0.3 is 13.9 Å². The molecule has 7 nitrogen and oxygen atoms in total. The molecule has 0 saturated carbocycles. The molecule has 0 radical (unpaired) electrons. The first-order valence-electron chi connectivity index (χ1n) is 9.43. The van der Waals surface area contributed by atoms with E-state index in [0.29, 0.717) is 23.2 Å². The lowest BCUT2D eigenvalue weighted by Crippen LogP contribution is -2.41. The minimum Gasteiger partial charge on any atom is -0.398 e. The molecule has 152 valence electrons. The normalized spacial score (nSPS) is 18.4. The highest BCUT2D eigenvalue weighted by Gasteiger charge is 2.53. The summed E-state index contributed by atoms with van der Waals surface area (Å²) in [6.07, 6.45) is 2.44. The first-order chi connectivity index (χ1) is 13.5. The molecule has 0 unspecified atom stereocenters. The number of nitrogens with zero attached hydrogens (tertiary/aromatic N) is 3. The summed E-state index contributed by atoms with van der Waals surface area (Å²) in [7, 11) is -4.17. The molecule has 1 aromatic carbocycles. The fourth-order valence-corrected chi connectivity index (χ4v) is 4.24. The van der Waals surface area contributed by atoms with Gasteiger partial charge in [0, 0.05) is 12.8 Å². The van der Waals surface area contributed by atoms with Gasteiger partial charge in [-0.05, 0) is 39.3 Å². The lowest BCUT2D eigenvalue weighted by Gasteiger charge is -2.32. The number of fused-ring (bicyclic) bond motifs is 1. The Labute approximate surface area is 171 Å². The van der Waals surface area contributed by atoms with Crippen LogP contribution in [0.1, 0.15) is 33.3 Å². The zero-order valence-electron chi connectivity index (χ0n) is 17.2. The second kappa shape index (κ2) is 6.65. The summed E-state index contributed by atoms with van der Waals surface area (Å²) in [4.78, 5) is 8.42. The highest BCUT2D eigenvalue weighted by Crippen LogP contribution is 2.37. The minimum absolute atomic E-state index is 0.00655. The Balaban J connectivity index is 1.92. The molecule has 4 rings (SSSR count). The highest BCUT2D eigenvalue weighted by atomic mass is 32.2. The summed E-state index contributed by atoms with van der Waals surface area (Å²) in [5, 5.41) is 0.475. The maximum absolute atomic E-state index is 12.3. The molecule has 29 heavy (non-hydrogen) atoms. The maximum Gasteiger partial charge on any atom is 0.512 e. The number of sulfone groups is 1. The predicted octanol–water partition coefficient (Wildman–Crippen LogP) is 2.18. The molecular weight excluding hydrogens is 389 g/mol. The van der Waals surface area contributed by atoms with E-state index in [1.165, 1.54) is 6.33 Å². The van der Waals surface area contributed by atoms with Gasteiger partial charge in [0.1, 0.15) is 12.0 Å². The summed E-state index contributed by atoms with van der Waals surface area (Å²) in [5.41, 5.74) is 1.28. The van der Waals surface area contributed by atoms with E-state index < -0.39 is 28.2 Å². The number of hydrogen-bond donors (Lipinski definition) is 0. The monoisotopic (exact) mass is 413 g/mol. The molecule has 9 heteroatoms. The molecule has 0 aliphatic carbocycles. The SMILES string of the molecule is CC1(C)OB(c2cc3c(S(C)(=O)=O)ncnc3n2Cc2ccccc2)OC1(C)C. The van der Waals surface area contributed by atoms with Crippen molar-refractivity contribution in [1.82, 2.24) is 14.5 Å². The van der Waals surface area contributed by atoms with Gasteiger partial charge in [0.05, 0.1) is 22.2 Å². The third kappa shape index (κ3) is 3.47. The third-order valence-electron chi connectivity index (χ3n) is 5.72. The van der Waals surface area contributed by atoms with Gasteiger partial charge in [-0.15, -0.1) is 0 Å². The van der Waals surface area contributed by atoms with Gasteiger partial charge in [0.15, 0.2) is 14.9 Å². The topological polar surface area (TPSA) is 83.3 Å². The second-order valence-electron chi connectivity index (χ2n) is 8.42. The molecule has 0 N–H and O–H groups in total. The summed E-state index contributed by atoms with van der Waals surface area (Å²) >= 11 is 0. The van der Waals surface area contributed by atoms with Gasteiger partial charge in [-0.25, -0.2) is 18.4 Å². The minimum atomic E-state index is -3.52. The van der Waals surface area contributed by atoms with Crippen LogP contribution >= 0.6 is 0 Å². The van der Waals surface area contributed by atoms with Gasteiger partial charge in [-0.3, -0.25) is 0 Å². The van der Waals surface area contributed by atoms with E-state index in [1.807, 2.05) is 62.6 Å². The molecule has 0 spiro atoms. The first kappa shape index (κ1) is 20.1. The van der Waals surface area contributed by atoms with Crippen molar-refractivity contribution in [1.29, 1.82) is 0 Å². The second-order valence-corrected chi connectivity index (χ2v) is 10.3. The van der Waals surface area contributed by atoms with Crippen molar-refractivity contribution in [3.05, 3.63) is 48.3 Å². The van der Waals surface area contributed by atoms with Gasteiger partial charge in [0.25, 0.3) is 0 Å². The van der Waals surface area contributed by atoms with Crippen LogP contribution in [0.5, 0.6) is 0 Å². The van der Waals surface area contributed by atoms with Crippen LogP contribution in [0.4, 0.5) is 0 Å². The first-order valence-corrected chi connectivity index (χ1v) is 11.3. The van der Waals surface area contributed by atoms with Gasteiger partial charge in [-0.2, -0.15) is 0 Å². The summed E-state index contributed by atoms with van der Waals surface area (Å²) in [5.74, 6) is 0. The zero-order valence-corrected chi connectivity index (χ0v) is 18.0. The zero-order chi connectivity index (χ0) is 21.0. The van der Waals surface area contributed by atoms with E-state index in [1.54, 1.807) is 6.07 Å². The van der Waals surface area contributed by atoms with E-state index in [-0.39, 0.29) is 5.03 Å². The van der Waals surface area contributed by atoms with E-state index in [2.05, 4.69) is 9.97 Å². The van der Waals surface area contributed by atoms with E-state index >= 15 is 0 Å². The number of benzene rings is 1. The van der Waals surface area contributed by atoms with Gasteiger partial charge in [0.2, 0.25) is 0 Å². The Kier molecular flexibility index (Phi) is 4.60. The average molecular weight is 413 g/mol. The highest BCUT2D eigenvalue weighted by molar-refractivity contribution is 7.90. The number of hydrogen-bond acceptors (Lipinski definition) is 6. The van der Waals surface area contributed by atoms with Crippen molar-refractivity contribution in [2.24, 2.45) is 0 Å². The van der Waals surface area contributed by atoms with Crippen molar-refractivity contribution >= 4 is 33.6 Å². The third-order valence-corrected chi connectivity index (χ3v) is 6.74. The van der Waals surface area contributed by atoms with Crippen molar-refractivity contribution in [2.45, 2.75) is 50.5 Å². The van der Waals surface area contributed by atoms with Crippen LogP contribution in [0.15, 0.2) is 47.8 Å². The van der Waals surface area contributed by atoms with Crippen molar-refractivity contribution < 1.29 is 17.7 Å². The average Bonchev–Trinajstić information content (AvgIpc) is 3.09. The molecule has 1 fully saturated rings. The van der Waals surface area contributed by atoms with E-state index in [9.17, 15) is 8.42 Å². The summed E-state index contributed by atoms with van der Waals surface area (Å²) in [6, 6.07) is 11.7. The Hall–Kier alpha value is -2.23. The molecule has 0 atom stereocenters. The molecule has 1 saturated heterocycles. The van der Waals surface area contributed by atoms with Crippen molar-refractivity contribution in [3.8, 4) is 0 Å². The van der Waals surface area contributed by atoms with Gasteiger partial charge >= 0.3 is 7.12 Å². The Morgan fingerprint density at radius 2 is 1.66 bits per heavy atom. The van der Waals surface area contributed by atoms with Crippen LogP contribution in [0.3, 0.4) is 0 Å². The van der Waals surface area contributed by atoms with Crippen LogP contribution in [-0.2, 0) is 25.7 Å². The molecule has 3 heterocycles. The van der Waals surface area contributed by atoms with Crippen LogP contribution in [0.2, 0.25) is 0 Å². The number of rotatable bonds is 4. The molecular formula is C20H24BN3O4S. The molecule has 1 aliphatic heterocycles. The summed E-state index contributed by atoms with van der Waals surface area (Å²) < 4.78 is 39.0. The Bertz CT molecular complexity index is 1160.